The summed E-state index contributed by atoms with van der Waals surface area (Å²) in [5.74, 6) is 0.551. The Morgan fingerprint density at radius 3 is 2.35 bits per heavy atom. The first-order chi connectivity index (χ1) is 11.1. The second kappa shape index (κ2) is 6.27. The van der Waals surface area contributed by atoms with E-state index in [1.165, 1.54) is 12.1 Å². The molecule has 5 heteroatoms. The lowest BCUT2D eigenvalue weighted by Crippen LogP contribution is -1.97. The molecule has 0 aliphatic heterocycles. The van der Waals surface area contributed by atoms with E-state index in [0.717, 1.165) is 11.3 Å². The van der Waals surface area contributed by atoms with E-state index >= 15 is 0 Å². The lowest BCUT2D eigenvalue weighted by atomic mass is 10.2. The normalized spacial score (nSPS) is 10.3. The zero-order valence-electron chi connectivity index (χ0n) is 12.4. The molecule has 0 atom stereocenters. The van der Waals surface area contributed by atoms with Crippen molar-refractivity contribution in [3.63, 3.8) is 0 Å². The number of benzene rings is 2. The second-order valence-electron chi connectivity index (χ2n) is 4.97. The Morgan fingerprint density at radius 1 is 1.00 bits per heavy atom. The minimum absolute atomic E-state index is 0.209. The molecule has 0 amide bonds. The van der Waals surface area contributed by atoms with Gasteiger partial charge in [0.25, 0.3) is 0 Å². The van der Waals surface area contributed by atoms with Crippen LogP contribution in [0.2, 0.25) is 0 Å². The van der Waals surface area contributed by atoms with Crippen molar-refractivity contribution in [2.75, 3.05) is 0 Å². The lowest BCUT2D eigenvalue weighted by molar-refractivity contribution is 0.0697. The van der Waals surface area contributed by atoms with Gasteiger partial charge in [0.15, 0.2) is 5.82 Å². The van der Waals surface area contributed by atoms with Crippen LogP contribution in [0, 0.1) is 6.92 Å². The van der Waals surface area contributed by atoms with E-state index in [2.05, 4.69) is 9.97 Å². The molecule has 0 aliphatic carbocycles. The fourth-order valence-electron chi connectivity index (χ4n) is 2.09. The van der Waals surface area contributed by atoms with Crippen molar-refractivity contribution in [2.24, 2.45) is 0 Å². The van der Waals surface area contributed by atoms with E-state index in [0.29, 0.717) is 17.5 Å². The van der Waals surface area contributed by atoms with Gasteiger partial charge in [-0.25, -0.2) is 9.78 Å². The van der Waals surface area contributed by atoms with E-state index in [9.17, 15) is 4.79 Å². The van der Waals surface area contributed by atoms with Gasteiger partial charge in [0, 0.05) is 17.3 Å². The molecule has 0 aliphatic rings. The second-order valence-corrected chi connectivity index (χ2v) is 4.97. The summed E-state index contributed by atoms with van der Waals surface area (Å²) >= 11 is 0. The number of hydrogen-bond donors (Lipinski definition) is 1. The summed E-state index contributed by atoms with van der Waals surface area (Å²) in [7, 11) is 0. The van der Waals surface area contributed by atoms with Gasteiger partial charge in [0.05, 0.1) is 5.56 Å². The molecule has 23 heavy (non-hydrogen) atoms. The third-order valence-electron chi connectivity index (χ3n) is 3.19. The van der Waals surface area contributed by atoms with E-state index in [-0.39, 0.29) is 5.56 Å². The van der Waals surface area contributed by atoms with Crippen molar-refractivity contribution in [1.82, 2.24) is 9.97 Å². The first kappa shape index (κ1) is 14.7. The third-order valence-corrected chi connectivity index (χ3v) is 3.19. The number of carboxylic acid groups (broad SMARTS) is 1. The number of rotatable bonds is 4. The Bertz CT molecular complexity index is 831. The zero-order chi connectivity index (χ0) is 16.2. The van der Waals surface area contributed by atoms with Crippen LogP contribution in [0.4, 0.5) is 0 Å². The number of hydrogen-bond acceptors (Lipinski definition) is 4. The SMILES string of the molecule is Cc1cc(Oc2ccc(C(=O)O)cc2)nc(-c2ccccc2)n1. The summed E-state index contributed by atoms with van der Waals surface area (Å²) in [6.45, 7) is 1.87. The van der Waals surface area contributed by atoms with Crippen LogP contribution in [-0.4, -0.2) is 21.0 Å². The molecule has 5 nitrogen and oxygen atoms in total. The van der Waals surface area contributed by atoms with Gasteiger partial charge in [0.2, 0.25) is 5.88 Å². The predicted octanol–water partition coefficient (Wildman–Crippen LogP) is 3.94. The van der Waals surface area contributed by atoms with Crippen LogP contribution in [0.25, 0.3) is 11.4 Å². The summed E-state index contributed by atoms with van der Waals surface area (Å²) < 4.78 is 5.71. The van der Waals surface area contributed by atoms with Crippen molar-refractivity contribution in [1.29, 1.82) is 0 Å². The molecule has 0 radical (unpaired) electrons. The molecular weight excluding hydrogens is 292 g/mol. The van der Waals surface area contributed by atoms with Crippen LogP contribution < -0.4 is 4.74 Å². The van der Waals surface area contributed by atoms with Crippen molar-refractivity contribution in [2.45, 2.75) is 6.92 Å². The highest BCUT2D eigenvalue weighted by molar-refractivity contribution is 5.87. The quantitative estimate of drug-likeness (QED) is 0.790. The minimum atomic E-state index is -0.971. The first-order valence-corrected chi connectivity index (χ1v) is 7.04. The largest absolute Gasteiger partial charge is 0.478 e. The average molecular weight is 306 g/mol. The number of aromatic nitrogens is 2. The fraction of sp³-hybridized carbons (Fsp3) is 0.0556. The molecular formula is C18H14N2O3. The molecule has 0 saturated carbocycles. The Labute approximate surface area is 133 Å². The van der Waals surface area contributed by atoms with Gasteiger partial charge in [0.1, 0.15) is 5.75 Å². The number of ether oxygens (including phenoxy) is 1. The van der Waals surface area contributed by atoms with Crippen molar-refractivity contribution in [3.05, 3.63) is 71.9 Å². The van der Waals surface area contributed by atoms with Gasteiger partial charge in [-0.05, 0) is 31.2 Å². The molecule has 0 bridgehead atoms. The maximum absolute atomic E-state index is 10.9. The number of carbonyl (C=O) groups is 1. The topological polar surface area (TPSA) is 72.3 Å². The minimum Gasteiger partial charge on any atom is -0.478 e. The molecule has 3 aromatic rings. The smallest absolute Gasteiger partial charge is 0.335 e. The van der Waals surface area contributed by atoms with E-state index in [1.54, 1.807) is 18.2 Å². The van der Waals surface area contributed by atoms with Crippen molar-refractivity contribution >= 4 is 5.97 Å². The van der Waals surface area contributed by atoms with Crippen LogP contribution in [0.5, 0.6) is 11.6 Å². The molecule has 0 unspecified atom stereocenters. The highest BCUT2D eigenvalue weighted by Gasteiger charge is 2.07. The van der Waals surface area contributed by atoms with E-state index < -0.39 is 5.97 Å². The molecule has 0 saturated heterocycles. The van der Waals surface area contributed by atoms with E-state index in [1.807, 2.05) is 37.3 Å². The predicted molar refractivity (Wildman–Crippen MR) is 85.7 cm³/mol. The molecule has 1 heterocycles. The molecule has 0 fully saturated rings. The standard InChI is InChI=1S/C18H14N2O3/c1-12-11-16(20-17(19-12)13-5-3-2-4-6-13)23-15-9-7-14(8-10-15)18(21)22/h2-11H,1H3,(H,21,22). The summed E-state index contributed by atoms with van der Waals surface area (Å²) in [6, 6.07) is 17.6. The lowest BCUT2D eigenvalue weighted by Gasteiger charge is -2.08. The van der Waals surface area contributed by atoms with E-state index in [4.69, 9.17) is 9.84 Å². The van der Waals surface area contributed by atoms with Gasteiger partial charge >= 0.3 is 5.97 Å². The summed E-state index contributed by atoms with van der Waals surface area (Å²) in [5.41, 5.74) is 1.90. The number of aryl methyl sites for hydroxylation is 1. The van der Waals surface area contributed by atoms with Gasteiger partial charge in [-0.15, -0.1) is 0 Å². The monoisotopic (exact) mass is 306 g/mol. The molecule has 2 aromatic carbocycles. The number of nitrogens with zero attached hydrogens (tertiary/aromatic N) is 2. The fourth-order valence-corrected chi connectivity index (χ4v) is 2.09. The maximum atomic E-state index is 10.9. The Balaban J connectivity index is 1.88. The van der Waals surface area contributed by atoms with Crippen LogP contribution in [0.15, 0.2) is 60.7 Å². The molecule has 3 rings (SSSR count). The van der Waals surface area contributed by atoms with Crippen LogP contribution in [0.1, 0.15) is 16.1 Å². The Morgan fingerprint density at radius 2 is 1.70 bits per heavy atom. The zero-order valence-corrected chi connectivity index (χ0v) is 12.4. The Kier molecular flexibility index (Phi) is 4.01. The summed E-state index contributed by atoms with van der Waals surface area (Å²) in [4.78, 5) is 19.7. The van der Waals surface area contributed by atoms with Gasteiger partial charge in [-0.2, -0.15) is 4.98 Å². The van der Waals surface area contributed by atoms with Crippen molar-refractivity contribution in [3.8, 4) is 23.0 Å². The molecule has 114 valence electrons. The summed E-state index contributed by atoms with van der Waals surface area (Å²) in [5, 5.41) is 8.90. The Hall–Kier alpha value is -3.21. The van der Waals surface area contributed by atoms with Gasteiger partial charge in [-0.3, -0.25) is 0 Å². The maximum Gasteiger partial charge on any atom is 0.335 e. The average Bonchev–Trinajstić information content (AvgIpc) is 2.55. The first-order valence-electron chi connectivity index (χ1n) is 7.04. The van der Waals surface area contributed by atoms with Crippen LogP contribution in [-0.2, 0) is 0 Å². The van der Waals surface area contributed by atoms with Crippen molar-refractivity contribution < 1.29 is 14.6 Å². The van der Waals surface area contributed by atoms with Gasteiger partial charge in [-0.1, -0.05) is 30.3 Å². The number of aromatic carboxylic acids is 1. The van der Waals surface area contributed by atoms with Crippen LogP contribution >= 0.6 is 0 Å². The molecule has 1 aromatic heterocycles. The third kappa shape index (κ3) is 3.52. The van der Waals surface area contributed by atoms with Crippen LogP contribution in [0.3, 0.4) is 0 Å². The highest BCUT2D eigenvalue weighted by atomic mass is 16.5. The summed E-state index contributed by atoms with van der Waals surface area (Å²) in [6.07, 6.45) is 0. The van der Waals surface area contributed by atoms with Gasteiger partial charge < -0.3 is 9.84 Å². The molecule has 1 N–H and O–H groups in total. The highest BCUT2D eigenvalue weighted by Crippen LogP contribution is 2.23. The molecule has 0 spiro atoms. The number of carboxylic acids is 1.